The van der Waals surface area contributed by atoms with Crippen molar-refractivity contribution >= 4 is 35.0 Å². The minimum atomic E-state index is -0.648. The van der Waals surface area contributed by atoms with E-state index in [2.05, 4.69) is 0 Å². The molecule has 0 aliphatic heterocycles. The van der Waals surface area contributed by atoms with E-state index in [1.807, 2.05) is 0 Å². The summed E-state index contributed by atoms with van der Waals surface area (Å²) in [5.41, 5.74) is 1.37. The van der Waals surface area contributed by atoms with E-state index in [0.29, 0.717) is 16.7 Å². The van der Waals surface area contributed by atoms with Gasteiger partial charge in [-0.2, -0.15) is 0 Å². The largest absolute Gasteiger partial charge is 0.462 e. The maximum absolute atomic E-state index is 11.8. The number of ketones is 1. The maximum atomic E-state index is 11.8. The Morgan fingerprint density at radius 3 is 2.39 bits per heavy atom. The molecule has 0 amide bonds. The number of Topliss-reactive ketones (excluding diaryl/α,β-unsaturated/α-hetero) is 1. The van der Waals surface area contributed by atoms with E-state index in [-0.39, 0.29) is 18.3 Å². The zero-order valence-electron chi connectivity index (χ0n) is 10.2. The summed E-state index contributed by atoms with van der Waals surface area (Å²) < 4.78 is 4.90. The number of rotatable bonds is 5. The minimum absolute atomic E-state index is 0.212. The van der Waals surface area contributed by atoms with Gasteiger partial charge in [0.1, 0.15) is 0 Å². The van der Waals surface area contributed by atoms with Crippen LogP contribution in [-0.4, -0.2) is 23.7 Å². The van der Waals surface area contributed by atoms with E-state index in [1.54, 1.807) is 26.0 Å². The molecular formula is C13H14Cl2O3. The first kappa shape index (κ1) is 15.0. The number of carbonyl (C=O) groups is 2. The summed E-state index contributed by atoms with van der Waals surface area (Å²) in [6.45, 7) is 3.58. The Hall–Kier alpha value is -1.06. The Balaban J connectivity index is 3.17. The van der Waals surface area contributed by atoms with Crippen LogP contribution in [0.15, 0.2) is 18.2 Å². The highest BCUT2D eigenvalue weighted by Gasteiger charge is 2.16. The highest BCUT2D eigenvalue weighted by atomic mass is 35.5. The van der Waals surface area contributed by atoms with E-state index >= 15 is 0 Å². The minimum Gasteiger partial charge on any atom is -0.462 e. The quantitative estimate of drug-likeness (QED) is 0.474. The van der Waals surface area contributed by atoms with Crippen molar-refractivity contribution in [2.45, 2.75) is 25.1 Å². The van der Waals surface area contributed by atoms with Crippen LogP contribution in [0.1, 0.15) is 40.1 Å². The van der Waals surface area contributed by atoms with Gasteiger partial charge in [0.2, 0.25) is 0 Å². The fourth-order valence-corrected chi connectivity index (χ4v) is 1.75. The summed E-state index contributed by atoms with van der Waals surface area (Å²) >= 11 is 11.5. The topological polar surface area (TPSA) is 43.4 Å². The molecule has 18 heavy (non-hydrogen) atoms. The van der Waals surface area contributed by atoms with E-state index in [4.69, 9.17) is 27.9 Å². The summed E-state index contributed by atoms with van der Waals surface area (Å²) in [5, 5.41) is -0.648. The van der Waals surface area contributed by atoms with Gasteiger partial charge in [-0.05, 0) is 37.6 Å². The summed E-state index contributed by atoms with van der Waals surface area (Å²) in [4.78, 5) is 23.5. The molecule has 98 valence electrons. The van der Waals surface area contributed by atoms with Gasteiger partial charge in [-0.1, -0.05) is 0 Å². The molecule has 1 atom stereocenters. The van der Waals surface area contributed by atoms with Gasteiger partial charge in [-0.25, -0.2) is 4.79 Å². The lowest BCUT2D eigenvalue weighted by Crippen LogP contribution is -2.13. The monoisotopic (exact) mass is 288 g/mol. The van der Waals surface area contributed by atoms with Crippen LogP contribution < -0.4 is 0 Å². The Bertz CT molecular complexity index is 456. The fraction of sp³-hybridized carbons (Fsp3) is 0.385. The Labute approximate surface area is 116 Å². The first-order valence-electron chi connectivity index (χ1n) is 5.55. The molecular weight excluding hydrogens is 275 g/mol. The van der Waals surface area contributed by atoms with Crippen molar-refractivity contribution in [1.82, 2.24) is 0 Å². The molecule has 0 radical (unpaired) electrons. The molecule has 0 heterocycles. The molecule has 0 bridgehead atoms. The zero-order valence-corrected chi connectivity index (χ0v) is 11.7. The summed E-state index contributed by atoms with van der Waals surface area (Å²) in [5.74, 6) is -0.501. The molecule has 1 aromatic carbocycles. The lowest BCUT2D eigenvalue weighted by Gasteiger charge is -2.08. The SMILES string of the molecule is CCOC(=O)c1cc(CCl)cc(C(=O)C(C)Cl)c1. The molecule has 0 N–H and O–H groups in total. The molecule has 1 rings (SSSR count). The molecule has 1 aromatic rings. The summed E-state index contributed by atoms with van der Waals surface area (Å²) in [6.07, 6.45) is 0. The van der Waals surface area contributed by atoms with Gasteiger partial charge in [0.15, 0.2) is 5.78 Å². The second-order valence-electron chi connectivity index (χ2n) is 3.75. The van der Waals surface area contributed by atoms with Gasteiger partial charge in [-0.3, -0.25) is 4.79 Å². The second-order valence-corrected chi connectivity index (χ2v) is 4.67. The van der Waals surface area contributed by atoms with Crippen LogP contribution in [0.3, 0.4) is 0 Å². The number of hydrogen-bond donors (Lipinski definition) is 0. The molecule has 0 aliphatic carbocycles. The molecule has 0 saturated carbocycles. The van der Waals surface area contributed by atoms with Crippen LogP contribution in [0.4, 0.5) is 0 Å². The second kappa shape index (κ2) is 6.76. The van der Waals surface area contributed by atoms with E-state index in [9.17, 15) is 9.59 Å². The molecule has 0 fully saturated rings. The predicted molar refractivity (Wildman–Crippen MR) is 71.6 cm³/mol. The molecule has 0 spiro atoms. The Kier molecular flexibility index (Phi) is 5.63. The van der Waals surface area contributed by atoms with Crippen molar-refractivity contribution in [3.8, 4) is 0 Å². The number of esters is 1. The van der Waals surface area contributed by atoms with E-state index in [0.717, 1.165) is 0 Å². The molecule has 0 saturated heterocycles. The van der Waals surface area contributed by atoms with Crippen molar-refractivity contribution in [2.75, 3.05) is 6.61 Å². The Morgan fingerprint density at radius 2 is 1.89 bits per heavy atom. The van der Waals surface area contributed by atoms with Crippen molar-refractivity contribution in [3.63, 3.8) is 0 Å². The third-order valence-electron chi connectivity index (χ3n) is 2.30. The van der Waals surface area contributed by atoms with Crippen molar-refractivity contribution in [1.29, 1.82) is 0 Å². The first-order chi connectivity index (χ1) is 8.49. The third-order valence-corrected chi connectivity index (χ3v) is 2.81. The van der Waals surface area contributed by atoms with E-state index < -0.39 is 11.3 Å². The van der Waals surface area contributed by atoms with Gasteiger partial charge >= 0.3 is 5.97 Å². The van der Waals surface area contributed by atoms with Crippen molar-refractivity contribution < 1.29 is 14.3 Å². The number of halogens is 2. The maximum Gasteiger partial charge on any atom is 0.338 e. The van der Waals surface area contributed by atoms with Crippen molar-refractivity contribution in [3.05, 3.63) is 34.9 Å². The van der Waals surface area contributed by atoms with Gasteiger partial charge in [0.05, 0.1) is 17.5 Å². The average molecular weight is 289 g/mol. The predicted octanol–water partition coefficient (Wildman–Crippen LogP) is 3.41. The smallest absolute Gasteiger partial charge is 0.338 e. The van der Waals surface area contributed by atoms with Crippen LogP contribution >= 0.6 is 23.2 Å². The lowest BCUT2D eigenvalue weighted by atomic mass is 10.0. The third kappa shape index (κ3) is 3.72. The average Bonchev–Trinajstić information content (AvgIpc) is 2.37. The fourth-order valence-electron chi connectivity index (χ4n) is 1.47. The van der Waals surface area contributed by atoms with Crippen LogP contribution in [0, 0.1) is 0 Å². The van der Waals surface area contributed by atoms with Crippen LogP contribution in [0.2, 0.25) is 0 Å². The number of ether oxygens (including phenoxy) is 1. The van der Waals surface area contributed by atoms with Crippen LogP contribution in [0.25, 0.3) is 0 Å². The van der Waals surface area contributed by atoms with Gasteiger partial charge < -0.3 is 4.74 Å². The van der Waals surface area contributed by atoms with E-state index in [1.165, 1.54) is 6.07 Å². The van der Waals surface area contributed by atoms with Gasteiger partial charge in [-0.15, -0.1) is 23.2 Å². The summed E-state index contributed by atoms with van der Waals surface area (Å²) in [6, 6.07) is 4.73. The number of alkyl halides is 2. The highest BCUT2D eigenvalue weighted by Crippen LogP contribution is 2.16. The zero-order chi connectivity index (χ0) is 13.7. The van der Waals surface area contributed by atoms with Crippen LogP contribution in [0.5, 0.6) is 0 Å². The lowest BCUT2D eigenvalue weighted by molar-refractivity contribution is 0.0526. The molecule has 1 unspecified atom stereocenters. The first-order valence-corrected chi connectivity index (χ1v) is 6.52. The molecule has 0 aromatic heterocycles. The molecule has 3 nitrogen and oxygen atoms in total. The molecule has 0 aliphatic rings. The van der Waals surface area contributed by atoms with Gasteiger partial charge in [0.25, 0.3) is 0 Å². The Morgan fingerprint density at radius 1 is 1.28 bits per heavy atom. The summed E-state index contributed by atoms with van der Waals surface area (Å²) in [7, 11) is 0. The molecule has 5 heteroatoms. The van der Waals surface area contributed by atoms with Gasteiger partial charge in [0, 0.05) is 11.4 Å². The number of carbonyl (C=O) groups excluding carboxylic acids is 2. The number of hydrogen-bond acceptors (Lipinski definition) is 3. The van der Waals surface area contributed by atoms with Crippen molar-refractivity contribution in [2.24, 2.45) is 0 Å². The number of benzene rings is 1. The normalized spacial score (nSPS) is 12.0. The standard InChI is InChI=1S/C13H14Cl2O3/c1-3-18-13(17)11-5-9(7-14)4-10(6-11)12(16)8(2)15/h4-6,8H,3,7H2,1-2H3. The highest BCUT2D eigenvalue weighted by molar-refractivity contribution is 6.33. The van der Waals surface area contributed by atoms with Crippen LogP contribution in [-0.2, 0) is 10.6 Å².